The van der Waals surface area contributed by atoms with E-state index in [4.69, 9.17) is 20.2 Å². The monoisotopic (exact) mass is 452 g/mol. The number of hydrogen-bond acceptors (Lipinski definition) is 4. The minimum Gasteiger partial charge on any atom is -0.832 e. The van der Waals surface area contributed by atoms with Gasteiger partial charge in [-0.2, -0.15) is 0 Å². The molecule has 0 rings (SSSR count). The van der Waals surface area contributed by atoms with Crippen LogP contribution in [0.5, 0.6) is 0 Å². The van der Waals surface area contributed by atoms with Crippen molar-refractivity contribution in [2.24, 2.45) is 0 Å². The summed E-state index contributed by atoms with van der Waals surface area (Å²) in [7, 11) is -2.42. The molecule has 0 bridgehead atoms. The van der Waals surface area contributed by atoms with Crippen molar-refractivity contribution in [3.8, 4) is 0 Å². The van der Waals surface area contributed by atoms with Crippen LogP contribution >= 0.6 is 0 Å². The van der Waals surface area contributed by atoms with Gasteiger partial charge in [0.2, 0.25) is 0 Å². The van der Waals surface area contributed by atoms with E-state index in [0.29, 0.717) is 6.42 Å². The second kappa shape index (κ2) is 26.4. The van der Waals surface area contributed by atoms with E-state index in [0.717, 1.165) is 12.8 Å². The number of hydrogen-bond donors (Lipinski definition) is 3. The average molecular weight is 453 g/mol. The topological polar surface area (TPSA) is 101 Å². The van der Waals surface area contributed by atoms with Gasteiger partial charge in [-0.15, -0.1) is 0 Å². The molecule has 25 heavy (non-hydrogen) atoms. The minimum atomic E-state index is -2.42. The van der Waals surface area contributed by atoms with Gasteiger partial charge in [0.25, 0.3) is 0 Å². The molecule has 154 valence electrons. The van der Waals surface area contributed by atoms with Gasteiger partial charge >= 0.3 is 35.7 Å². The molecule has 0 heterocycles. The summed E-state index contributed by atoms with van der Waals surface area (Å²) in [5.74, 6) is -0.653. The fraction of sp³-hybridized carbons (Fsp3) is 0.944. The fourth-order valence-electron chi connectivity index (χ4n) is 2.65. The Balaban J connectivity index is -0.000000867. The molecule has 5 nitrogen and oxygen atoms in total. The van der Waals surface area contributed by atoms with Gasteiger partial charge in [-0.3, -0.25) is 4.79 Å². The maximum absolute atomic E-state index is 10.3. The second-order valence-corrected chi connectivity index (χ2v) is 6.42. The third-order valence-electron chi connectivity index (χ3n) is 3.99. The number of aliphatic carboxylic acids is 1. The minimum absolute atomic E-state index is 0. The van der Waals surface area contributed by atoms with Gasteiger partial charge in [0.15, 0.2) is 0 Å². The third kappa shape index (κ3) is 40.3. The van der Waals surface area contributed by atoms with E-state index in [-0.39, 0.29) is 22.4 Å². The Labute approximate surface area is 170 Å². The van der Waals surface area contributed by atoms with Crippen molar-refractivity contribution < 1.29 is 47.4 Å². The summed E-state index contributed by atoms with van der Waals surface area (Å²) in [6.07, 6.45) is 20.2. The molecule has 0 saturated carbocycles. The predicted molar refractivity (Wildman–Crippen MR) is 97.4 cm³/mol. The Hall–Kier alpha value is 0.155. The number of unbranched alkanes of at least 4 members (excludes halogenated alkanes) is 14. The van der Waals surface area contributed by atoms with Crippen LogP contribution in [0.15, 0.2) is 0 Å². The number of carbonyl (C=O) groups is 1. The van der Waals surface area contributed by atoms with Gasteiger partial charge in [-0.1, -0.05) is 96.8 Å². The summed E-state index contributed by atoms with van der Waals surface area (Å²) >= 11 is 0. The molecule has 0 aliphatic heterocycles. The molecule has 7 heteroatoms. The maximum atomic E-state index is 10.3. The summed E-state index contributed by atoms with van der Waals surface area (Å²) in [6.45, 7) is 2.27. The van der Waals surface area contributed by atoms with Crippen LogP contribution in [0.1, 0.15) is 110 Å². The van der Waals surface area contributed by atoms with Crippen molar-refractivity contribution in [3.63, 3.8) is 0 Å². The first-order valence-electron chi connectivity index (χ1n) is 9.74. The first-order valence-corrected chi connectivity index (χ1v) is 9.74. The molecule has 0 fully saturated rings. The normalized spacial score (nSPS) is 9.76. The van der Waals surface area contributed by atoms with Crippen molar-refractivity contribution in [1.29, 1.82) is 0 Å². The summed E-state index contributed by atoms with van der Waals surface area (Å²) in [6, 6.07) is 0. The molecule has 0 unspecified atom stereocenters. The Morgan fingerprint density at radius 2 is 0.960 bits per heavy atom. The van der Waals surface area contributed by atoms with Crippen LogP contribution in [0.2, 0.25) is 0 Å². The first-order chi connectivity index (χ1) is 11.5. The maximum Gasteiger partial charge on any atom is 1.00 e. The quantitative estimate of drug-likeness (QED) is 0.245. The zero-order valence-electron chi connectivity index (χ0n) is 15.9. The van der Waals surface area contributed by atoms with Crippen molar-refractivity contribution >= 4 is 13.3 Å². The zero-order valence-corrected chi connectivity index (χ0v) is 17.3. The first kappa shape index (κ1) is 29.9. The molecule has 0 aromatic rings. The molecule has 0 amide bonds. The summed E-state index contributed by atoms with van der Waals surface area (Å²) in [5.41, 5.74) is 0. The van der Waals surface area contributed by atoms with Crippen LogP contribution in [0.25, 0.3) is 0 Å². The number of carboxylic acids is 1. The molecular formula is C18H38AgBO5. The molecule has 0 aromatic heterocycles. The molecule has 0 saturated heterocycles. The molecule has 0 spiro atoms. The number of carboxylic acid groups (broad SMARTS) is 1. The molecule has 0 aromatic carbocycles. The third-order valence-corrected chi connectivity index (χ3v) is 3.99. The van der Waals surface area contributed by atoms with Crippen LogP contribution in [0.3, 0.4) is 0 Å². The largest absolute Gasteiger partial charge is 1.00 e. The van der Waals surface area contributed by atoms with E-state index in [1.807, 2.05) is 0 Å². The average Bonchev–Trinajstić information content (AvgIpc) is 2.50. The fourth-order valence-corrected chi connectivity index (χ4v) is 2.65. The Kier molecular flexibility index (Phi) is 31.6. The zero-order chi connectivity index (χ0) is 18.5. The van der Waals surface area contributed by atoms with Crippen LogP contribution in [-0.2, 0) is 27.2 Å². The smallest absolute Gasteiger partial charge is 0.832 e. The van der Waals surface area contributed by atoms with Crippen molar-refractivity contribution in [1.82, 2.24) is 0 Å². The van der Waals surface area contributed by atoms with Gasteiger partial charge in [-0.05, 0) is 6.42 Å². The number of rotatable bonds is 16. The Morgan fingerprint density at radius 3 is 1.20 bits per heavy atom. The van der Waals surface area contributed by atoms with Gasteiger partial charge in [0.1, 0.15) is 0 Å². The van der Waals surface area contributed by atoms with Gasteiger partial charge in [0, 0.05) is 6.42 Å². The molecule has 3 N–H and O–H groups in total. The SMILES string of the molecule is CCCCCCCCCCCCCCCCCC(=O)O.[Ag+].[O-]B(O)O. The predicted octanol–water partition coefficient (Wildman–Crippen LogP) is 3.65. The van der Waals surface area contributed by atoms with Gasteiger partial charge in [0.05, 0.1) is 0 Å². The van der Waals surface area contributed by atoms with Crippen molar-refractivity contribution in [2.75, 3.05) is 0 Å². The van der Waals surface area contributed by atoms with E-state index < -0.39 is 13.3 Å². The Morgan fingerprint density at radius 1 is 0.720 bits per heavy atom. The van der Waals surface area contributed by atoms with Gasteiger partial charge in [-0.25, -0.2) is 0 Å². The van der Waals surface area contributed by atoms with E-state index >= 15 is 0 Å². The van der Waals surface area contributed by atoms with Crippen molar-refractivity contribution in [3.05, 3.63) is 0 Å². The second-order valence-electron chi connectivity index (χ2n) is 6.42. The van der Waals surface area contributed by atoms with Crippen LogP contribution in [0, 0.1) is 0 Å². The summed E-state index contributed by atoms with van der Waals surface area (Å²) < 4.78 is 0. The molecule has 0 aliphatic rings. The van der Waals surface area contributed by atoms with Crippen molar-refractivity contribution in [2.45, 2.75) is 110 Å². The van der Waals surface area contributed by atoms with E-state index in [1.165, 1.54) is 83.5 Å². The molecular weight excluding hydrogens is 415 g/mol. The standard InChI is InChI=1S/C18H36O2.Ag.BH2O3/c1-2-3-4-5-6-7-8-9-10-11-12-13-14-15-16-17-18(19)20;;2-1(3)4/h2-17H2,1H3,(H,19,20);;2-3H/q;+1;-1. The van der Waals surface area contributed by atoms with Crippen LogP contribution in [-0.4, -0.2) is 28.4 Å². The van der Waals surface area contributed by atoms with Gasteiger partial charge < -0.3 is 20.2 Å². The molecule has 0 atom stereocenters. The molecule has 0 radical (unpaired) electrons. The van der Waals surface area contributed by atoms with Crippen LogP contribution < -0.4 is 5.02 Å². The Bertz CT molecular complexity index is 253. The van der Waals surface area contributed by atoms with E-state index in [2.05, 4.69) is 6.92 Å². The molecule has 0 aliphatic carbocycles. The van der Waals surface area contributed by atoms with Crippen LogP contribution in [0.4, 0.5) is 0 Å². The van der Waals surface area contributed by atoms with E-state index in [9.17, 15) is 4.79 Å². The summed E-state index contributed by atoms with van der Waals surface area (Å²) in [5, 5.41) is 31.3. The summed E-state index contributed by atoms with van der Waals surface area (Å²) in [4.78, 5) is 10.3. The van der Waals surface area contributed by atoms with E-state index in [1.54, 1.807) is 0 Å².